The Morgan fingerprint density at radius 3 is 2.64 bits per heavy atom. The molecule has 0 atom stereocenters. The lowest BCUT2D eigenvalue weighted by Crippen LogP contribution is -2.01. The van der Waals surface area contributed by atoms with Gasteiger partial charge in [0.05, 0.1) is 0 Å². The molecule has 0 saturated heterocycles. The second-order valence-electron chi connectivity index (χ2n) is 3.36. The van der Waals surface area contributed by atoms with Crippen molar-refractivity contribution in [2.45, 2.75) is 26.7 Å². The minimum Gasteiger partial charge on any atom is -0.330 e. The Labute approximate surface area is 86.6 Å². The van der Waals surface area contributed by atoms with Gasteiger partial charge in [-0.15, -0.1) is 0 Å². The molecule has 0 aliphatic carbocycles. The number of nitrogens with two attached hydrogens (primary N) is 1. The fourth-order valence-electron chi connectivity index (χ4n) is 1.73. The van der Waals surface area contributed by atoms with E-state index in [0.29, 0.717) is 0 Å². The molecule has 0 spiro atoms. The van der Waals surface area contributed by atoms with Crippen molar-refractivity contribution >= 4 is 5.57 Å². The van der Waals surface area contributed by atoms with Gasteiger partial charge in [0.25, 0.3) is 0 Å². The first-order chi connectivity index (χ1) is 6.83. The molecule has 0 saturated carbocycles. The van der Waals surface area contributed by atoms with Gasteiger partial charge >= 0.3 is 0 Å². The average Bonchev–Trinajstić information content (AvgIpc) is 2.26. The van der Waals surface area contributed by atoms with Gasteiger partial charge in [-0.1, -0.05) is 37.3 Å². The lowest BCUT2D eigenvalue weighted by molar-refractivity contribution is 1.01. The van der Waals surface area contributed by atoms with E-state index in [0.717, 1.165) is 19.4 Å². The van der Waals surface area contributed by atoms with Crippen LogP contribution in [0.2, 0.25) is 0 Å². The second kappa shape index (κ2) is 5.61. The Kier molecular flexibility index (Phi) is 4.41. The maximum absolute atomic E-state index is 5.59. The van der Waals surface area contributed by atoms with E-state index >= 15 is 0 Å². The summed E-state index contributed by atoms with van der Waals surface area (Å²) in [6.07, 6.45) is 4.22. The number of rotatable bonds is 4. The average molecular weight is 189 g/mol. The summed E-state index contributed by atoms with van der Waals surface area (Å²) >= 11 is 0. The van der Waals surface area contributed by atoms with Crippen LogP contribution in [0.1, 0.15) is 31.4 Å². The van der Waals surface area contributed by atoms with Gasteiger partial charge < -0.3 is 5.73 Å². The smallest absolute Gasteiger partial charge is 0.00366 e. The van der Waals surface area contributed by atoms with Gasteiger partial charge in [-0.3, -0.25) is 0 Å². The van der Waals surface area contributed by atoms with E-state index in [1.807, 2.05) is 0 Å². The molecular formula is C13H19N. The molecule has 0 fully saturated rings. The normalized spacial score (nSPS) is 11.8. The summed E-state index contributed by atoms with van der Waals surface area (Å²) in [5, 5.41) is 0. The third-order valence-corrected chi connectivity index (χ3v) is 2.51. The predicted octanol–water partition coefficient (Wildman–Crippen LogP) is 3.00. The van der Waals surface area contributed by atoms with Crippen molar-refractivity contribution in [3.05, 3.63) is 41.5 Å². The van der Waals surface area contributed by atoms with Crippen molar-refractivity contribution in [3.63, 3.8) is 0 Å². The molecule has 0 bridgehead atoms. The molecule has 0 aliphatic rings. The van der Waals surface area contributed by atoms with Crippen LogP contribution < -0.4 is 5.73 Å². The first-order valence-electron chi connectivity index (χ1n) is 5.27. The fraction of sp³-hybridized carbons (Fsp3) is 0.385. The van der Waals surface area contributed by atoms with Crippen LogP contribution in [0, 0.1) is 0 Å². The van der Waals surface area contributed by atoms with Gasteiger partial charge in [-0.2, -0.15) is 0 Å². The first-order valence-corrected chi connectivity index (χ1v) is 5.27. The largest absolute Gasteiger partial charge is 0.330 e. The molecule has 2 N–H and O–H groups in total. The highest BCUT2D eigenvalue weighted by molar-refractivity contribution is 5.68. The lowest BCUT2D eigenvalue weighted by atomic mass is 9.96. The molecule has 76 valence electrons. The van der Waals surface area contributed by atoms with Crippen LogP contribution >= 0.6 is 0 Å². The highest BCUT2D eigenvalue weighted by Crippen LogP contribution is 2.21. The molecule has 1 heteroatoms. The summed E-state index contributed by atoms with van der Waals surface area (Å²) in [4.78, 5) is 0. The maximum atomic E-state index is 5.59. The van der Waals surface area contributed by atoms with E-state index in [1.54, 1.807) is 0 Å². The standard InChI is InChI=1S/C13H19N/c1-3-11-7-5-6-8-13(11)12(4-2)9-10-14/h4-8H,3,9-10,14H2,1-2H3/b12-4-. The van der Waals surface area contributed by atoms with Crippen LogP contribution in [0.15, 0.2) is 30.3 Å². The molecule has 14 heavy (non-hydrogen) atoms. The van der Waals surface area contributed by atoms with Crippen LogP contribution in [0.3, 0.4) is 0 Å². The minimum atomic E-state index is 0.720. The molecular weight excluding hydrogens is 170 g/mol. The van der Waals surface area contributed by atoms with Crippen molar-refractivity contribution in [3.8, 4) is 0 Å². The Bertz CT molecular complexity index is 313. The van der Waals surface area contributed by atoms with Gasteiger partial charge in [0.15, 0.2) is 0 Å². The Morgan fingerprint density at radius 1 is 1.36 bits per heavy atom. The van der Waals surface area contributed by atoms with E-state index in [2.05, 4.69) is 44.2 Å². The Hall–Kier alpha value is -1.08. The number of allylic oxidation sites excluding steroid dienone is 1. The molecule has 1 nitrogen and oxygen atoms in total. The topological polar surface area (TPSA) is 26.0 Å². The molecule has 0 unspecified atom stereocenters. The van der Waals surface area contributed by atoms with Crippen molar-refractivity contribution in [1.82, 2.24) is 0 Å². The molecule has 0 aromatic heterocycles. The van der Waals surface area contributed by atoms with Crippen LogP contribution in [0.25, 0.3) is 5.57 Å². The molecule has 1 rings (SSSR count). The van der Waals surface area contributed by atoms with Crippen molar-refractivity contribution in [2.24, 2.45) is 5.73 Å². The molecule has 1 aromatic carbocycles. The third kappa shape index (κ3) is 2.46. The summed E-state index contributed by atoms with van der Waals surface area (Å²) in [7, 11) is 0. The zero-order chi connectivity index (χ0) is 10.4. The second-order valence-corrected chi connectivity index (χ2v) is 3.36. The molecule has 0 radical (unpaired) electrons. The van der Waals surface area contributed by atoms with Gasteiger partial charge in [0.2, 0.25) is 0 Å². The number of hydrogen-bond acceptors (Lipinski definition) is 1. The Morgan fingerprint density at radius 2 is 2.07 bits per heavy atom. The van der Waals surface area contributed by atoms with Crippen LogP contribution in [-0.4, -0.2) is 6.54 Å². The maximum Gasteiger partial charge on any atom is -0.00366 e. The van der Waals surface area contributed by atoms with Gasteiger partial charge in [-0.05, 0) is 43.0 Å². The number of hydrogen-bond donors (Lipinski definition) is 1. The zero-order valence-electron chi connectivity index (χ0n) is 9.09. The number of aryl methyl sites for hydroxylation is 1. The first kappa shape index (κ1) is 11.0. The summed E-state index contributed by atoms with van der Waals surface area (Å²) < 4.78 is 0. The summed E-state index contributed by atoms with van der Waals surface area (Å²) in [5.41, 5.74) is 9.73. The van der Waals surface area contributed by atoms with E-state index < -0.39 is 0 Å². The monoisotopic (exact) mass is 189 g/mol. The SMILES string of the molecule is C/C=C(/CCN)c1ccccc1CC. The van der Waals surface area contributed by atoms with Gasteiger partial charge in [0, 0.05) is 0 Å². The minimum absolute atomic E-state index is 0.720. The van der Waals surface area contributed by atoms with E-state index in [4.69, 9.17) is 5.73 Å². The number of benzene rings is 1. The third-order valence-electron chi connectivity index (χ3n) is 2.51. The molecule has 0 aliphatic heterocycles. The predicted molar refractivity (Wildman–Crippen MR) is 63.1 cm³/mol. The van der Waals surface area contributed by atoms with Crippen molar-refractivity contribution in [2.75, 3.05) is 6.54 Å². The Balaban J connectivity index is 3.03. The van der Waals surface area contributed by atoms with Crippen molar-refractivity contribution < 1.29 is 0 Å². The van der Waals surface area contributed by atoms with E-state index in [1.165, 1.54) is 16.7 Å². The van der Waals surface area contributed by atoms with Crippen LogP contribution in [0.4, 0.5) is 0 Å². The molecule has 0 heterocycles. The molecule has 0 amide bonds. The summed E-state index contributed by atoms with van der Waals surface area (Å²) in [6, 6.07) is 8.56. The highest BCUT2D eigenvalue weighted by Gasteiger charge is 2.03. The lowest BCUT2D eigenvalue weighted by Gasteiger charge is -2.10. The summed E-state index contributed by atoms with van der Waals surface area (Å²) in [6.45, 7) is 4.99. The van der Waals surface area contributed by atoms with Crippen molar-refractivity contribution in [1.29, 1.82) is 0 Å². The zero-order valence-corrected chi connectivity index (χ0v) is 9.09. The van der Waals surface area contributed by atoms with Gasteiger partial charge in [0.1, 0.15) is 0 Å². The van der Waals surface area contributed by atoms with Crippen LogP contribution in [-0.2, 0) is 6.42 Å². The van der Waals surface area contributed by atoms with E-state index in [-0.39, 0.29) is 0 Å². The summed E-state index contributed by atoms with van der Waals surface area (Å²) in [5.74, 6) is 0. The van der Waals surface area contributed by atoms with Gasteiger partial charge in [-0.25, -0.2) is 0 Å². The quantitative estimate of drug-likeness (QED) is 0.774. The highest BCUT2D eigenvalue weighted by atomic mass is 14.5. The fourth-order valence-corrected chi connectivity index (χ4v) is 1.73. The van der Waals surface area contributed by atoms with E-state index in [9.17, 15) is 0 Å². The molecule has 1 aromatic rings. The van der Waals surface area contributed by atoms with Crippen LogP contribution in [0.5, 0.6) is 0 Å².